The van der Waals surface area contributed by atoms with Crippen LogP contribution in [0.25, 0.3) is 0 Å². The number of esters is 2. The second kappa shape index (κ2) is 17.0. The van der Waals surface area contributed by atoms with Crippen LogP contribution in [-0.4, -0.2) is 104 Å². The van der Waals surface area contributed by atoms with Crippen LogP contribution in [0.5, 0.6) is 0 Å². The molecule has 222 valence electrons. The Bertz CT molecular complexity index is 996. The number of likely N-dealkylation sites (N-methyl/N-ethyl adjacent to an activating group) is 1. The Morgan fingerprint density at radius 1 is 1.18 bits per heavy atom. The molecule has 1 N–H and O–H groups in total. The van der Waals surface area contributed by atoms with Crippen LogP contribution < -0.4 is 5.32 Å². The van der Waals surface area contributed by atoms with Crippen LogP contribution in [0.15, 0.2) is 36.0 Å². The largest absolute Gasteiger partial charge is 0.465 e. The maximum absolute atomic E-state index is 13.4. The first-order valence-corrected chi connectivity index (χ1v) is 13.2. The summed E-state index contributed by atoms with van der Waals surface area (Å²) in [4.78, 5) is 67.9. The van der Waals surface area contributed by atoms with Crippen LogP contribution in [0.3, 0.4) is 0 Å². The van der Waals surface area contributed by atoms with Crippen molar-refractivity contribution in [2.75, 3.05) is 46.6 Å². The van der Waals surface area contributed by atoms with Crippen molar-refractivity contribution < 1.29 is 43.3 Å². The van der Waals surface area contributed by atoms with Gasteiger partial charge >= 0.3 is 18.0 Å². The van der Waals surface area contributed by atoms with Crippen LogP contribution >= 0.6 is 0 Å². The van der Waals surface area contributed by atoms with Gasteiger partial charge in [0.1, 0.15) is 12.6 Å². The van der Waals surface area contributed by atoms with Gasteiger partial charge in [-0.2, -0.15) is 0 Å². The van der Waals surface area contributed by atoms with Gasteiger partial charge in [-0.15, -0.1) is 10.1 Å². The Morgan fingerprint density at radius 3 is 2.67 bits per heavy atom. The Kier molecular flexibility index (Phi) is 13.8. The molecule has 2 rings (SSSR count). The van der Waals surface area contributed by atoms with Crippen molar-refractivity contribution in [3.63, 3.8) is 0 Å². The summed E-state index contributed by atoms with van der Waals surface area (Å²) in [6, 6.07) is -3.59. The van der Waals surface area contributed by atoms with Gasteiger partial charge in [-0.1, -0.05) is 30.4 Å². The normalized spacial score (nSPS) is 18.1. The highest BCUT2D eigenvalue weighted by atomic mass is 17.0. The summed E-state index contributed by atoms with van der Waals surface area (Å²) in [7, 11) is 1.47. The summed E-state index contributed by atoms with van der Waals surface area (Å²) in [5, 5.41) is 12.2. The van der Waals surface area contributed by atoms with E-state index in [9.17, 15) is 29.3 Å². The average molecular weight is 567 g/mol. The fraction of sp³-hybridized carbons (Fsp3) is 0.615. The van der Waals surface area contributed by atoms with Gasteiger partial charge in [-0.25, -0.2) is 14.5 Å². The summed E-state index contributed by atoms with van der Waals surface area (Å²) in [5.41, 5.74) is 1.03. The van der Waals surface area contributed by atoms with Gasteiger partial charge in [0.2, 0.25) is 5.91 Å². The van der Waals surface area contributed by atoms with E-state index in [-0.39, 0.29) is 39.6 Å². The Hall–Kier alpha value is -3.78. The molecule has 14 nitrogen and oxygen atoms in total. The Balaban J connectivity index is 1.95. The second-order valence-corrected chi connectivity index (χ2v) is 9.12. The highest BCUT2D eigenvalue weighted by molar-refractivity contribution is 6.03. The van der Waals surface area contributed by atoms with E-state index in [1.165, 1.54) is 18.9 Å². The second-order valence-electron chi connectivity index (χ2n) is 9.12. The third-order valence-electron chi connectivity index (χ3n) is 6.07. The molecule has 3 unspecified atom stereocenters. The molecule has 1 heterocycles. The van der Waals surface area contributed by atoms with E-state index in [0.717, 1.165) is 16.9 Å². The monoisotopic (exact) mass is 566 g/mol. The van der Waals surface area contributed by atoms with Gasteiger partial charge < -0.3 is 23.9 Å². The van der Waals surface area contributed by atoms with Gasteiger partial charge in [0.25, 0.3) is 5.09 Å². The van der Waals surface area contributed by atoms with Crippen LogP contribution in [0.4, 0.5) is 4.79 Å². The highest BCUT2D eigenvalue weighted by Gasteiger charge is 2.46. The van der Waals surface area contributed by atoms with Crippen molar-refractivity contribution in [1.29, 1.82) is 0 Å². The number of imide groups is 1. The number of allylic oxidation sites excluding steroid dienone is 6. The van der Waals surface area contributed by atoms with E-state index in [4.69, 9.17) is 14.2 Å². The molecule has 1 aliphatic heterocycles. The molecule has 3 amide bonds. The first-order chi connectivity index (χ1) is 19.1. The number of carbonyl (C=O) groups is 4. The van der Waals surface area contributed by atoms with Crippen molar-refractivity contribution in [3.8, 4) is 0 Å². The topological polar surface area (TPSA) is 167 Å². The zero-order valence-electron chi connectivity index (χ0n) is 23.1. The zero-order valence-corrected chi connectivity index (χ0v) is 23.1. The maximum Gasteiger partial charge on any atom is 0.331 e. The van der Waals surface area contributed by atoms with E-state index in [1.807, 2.05) is 30.4 Å². The molecule has 0 spiro atoms. The molecular weight excluding hydrogens is 528 g/mol. The van der Waals surface area contributed by atoms with Gasteiger partial charge in [-0.3, -0.25) is 14.9 Å². The molecule has 0 aromatic carbocycles. The van der Waals surface area contributed by atoms with Crippen molar-refractivity contribution >= 4 is 23.9 Å². The first-order valence-electron chi connectivity index (χ1n) is 13.2. The molecule has 0 aromatic rings. The number of rotatable bonds is 17. The number of ether oxygens (including phenoxy) is 3. The number of hydrogen-bond acceptors (Lipinski definition) is 11. The zero-order chi connectivity index (χ0) is 29.5. The summed E-state index contributed by atoms with van der Waals surface area (Å²) >= 11 is 0. The molecule has 1 fully saturated rings. The molecule has 14 heteroatoms. The fourth-order valence-electron chi connectivity index (χ4n) is 4.06. The van der Waals surface area contributed by atoms with Crippen molar-refractivity contribution in [1.82, 2.24) is 15.1 Å². The van der Waals surface area contributed by atoms with Gasteiger partial charge in [0.05, 0.1) is 32.4 Å². The van der Waals surface area contributed by atoms with Crippen LogP contribution in [0, 0.1) is 10.1 Å². The summed E-state index contributed by atoms with van der Waals surface area (Å²) < 4.78 is 15.6. The number of amides is 3. The molecule has 3 atom stereocenters. The smallest absolute Gasteiger partial charge is 0.331 e. The number of nitrogens with zero attached hydrogens (tertiary/aromatic N) is 3. The van der Waals surface area contributed by atoms with E-state index < -0.39 is 47.1 Å². The quantitative estimate of drug-likeness (QED) is 0.117. The van der Waals surface area contributed by atoms with Crippen LogP contribution in [-0.2, 0) is 33.4 Å². The molecule has 0 aromatic heterocycles. The fourth-order valence-corrected chi connectivity index (χ4v) is 4.06. The number of nitrogens with one attached hydrogen (secondary N) is 1. The SMILES string of the molecule is CCOC(=O)C(CCC1=CC=CCC=C1)NC(C)C(=O)N1C(=O)N(C)CC1C(=O)OCCCOCCO[N+](=O)[O-]. The molecule has 1 aliphatic carbocycles. The summed E-state index contributed by atoms with van der Waals surface area (Å²) in [6.07, 6.45) is 12.0. The number of urea groups is 1. The van der Waals surface area contributed by atoms with E-state index in [2.05, 4.69) is 10.2 Å². The maximum atomic E-state index is 13.4. The molecule has 40 heavy (non-hydrogen) atoms. The number of carbonyl (C=O) groups excluding carboxylic acids is 4. The van der Waals surface area contributed by atoms with Gasteiger partial charge in [-0.05, 0) is 38.7 Å². The van der Waals surface area contributed by atoms with Crippen molar-refractivity contribution in [2.24, 2.45) is 0 Å². The van der Waals surface area contributed by atoms with E-state index >= 15 is 0 Å². The molecule has 0 saturated carbocycles. The van der Waals surface area contributed by atoms with Crippen LogP contribution in [0.2, 0.25) is 0 Å². The lowest BCUT2D eigenvalue weighted by Crippen LogP contribution is -2.55. The lowest BCUT2D eigenvalue weighted by molar-refractivity contribution is -0.758. The third-order valence-corrected chi connectivity index (χ3v) is 6.07. The van der Waals surface area contributed by atoms with Crippen molar-refractivity contribution in [2.45, 2.75) is 57.7 Å². The minimum Gasteiger partial charge on any atom is -0.465 e. The third kappa shape index (κ3) is 10.4. The van der Waals surface area contributed by atoms with E-state index in [1.54, 1.807) is 6.92 Å². The molecule has 0 radical (unpaired) electrons. The number of hydrogen-bond donors (Lipinski definition) is 1. The summed E-state index contributed by atoms with van der Waals surface area (Å²) in [5.74, 6) is -1.93. The predicted octanol–water partition coefficient (Wildman–Crippen LogP) is 1.54. The van der Waals surface area contributed by atoms with E-state index in [0.29, 0.717) is 19.3 Å². The standard InChI is InChI=1S/C26H38N4O10/c1-4-38-24(32)21(13-12-20-10-7-5-6-8-11-20)27-19(2)23(31)29-22(18-28(3)26(29)34)25(33)39-15-9-14-37-16-17-40-30(35)36/h5,7-8,10-11,19,21-22,27H,4,6,9,12-18H2,1-3H3. The first kappa shape index (κ1) is 32.4. The average Bonchev–Trinajstić information content (AvgIpc) is 3.07. The lowest BCUT2D eigenvalue weighted by Gasteiger charge is -2.26. The molecular formula is C26H38N4O10. The minimum atomic E-state index is -1.15. The lowest BCUT2D eigenvalue weighted by atomic mass is 10.0. The Morgan fingerprint density at radius 2 is 1.95 bits per heavy atom. The molecule has 0 bridgehead atoms. The minimum absolute atomic E-state index is 0.00214. The van der Waals surface area contributed by atoms with Crippen LogP contribution in [0.1, 0.15) is 39.5 Å². The predicted molar refractivity (Wildman–Crippen MR) is 141 cm³/mol. The molecule has 2 aliphatic rings. The van der Waals surface area contributed by atoms with Gasteiger partial charge in [0, 0.05) is 20.1 Å². The Labute approximate surface area is 233 Å². The van der Waals surface area contributed by atoms with Crippen molar-refractivity contribution in [3.05, 3.63) is 46.1 Å². The highest BCUT2D eigenvalue weighted by Crippen LogP contribution is 2.19. The van der Waals surface area contributed by atoms with Gasteiger partial charge in [0.15, 0.2) is 6.04 Å². The summed E-state index contributed by atoms with van der Waals surface area (Å²) in [6.45, 7) is 3.26. The molecule has 1 saturated heterocycles.